The Kier molecular flexibility index (Phi) is 3.28. The van der Waals surface area contributed by atoms with Gasteiger partial charge in [-0.15, -0.1) is 0 Å². The lowest BCUT2D eigenvalue weighted by molar-refractivity contribution is 0.464. The lowest BCUT2D eigenvalue weighted by atomic mass is 10.1. The van der Waals surface area contributed by atoms with E-state index in [0.717, 1.165) is 17.6 Å². The average molecular weight is 279 g/mol. The molecule has 2 aromatic rings. The van der Waals surface area contributed by atoms with Crippen molar-refractivity contribution in [3.63, 3.8) is 0 Å². The second-order valence-electron chi connectivity index (χ2n) is 5.02. The second kappa shape index (κ2) is 4.94. The number of aromatic nitrogens is 2. The first kappa shape index (κ1) is 12.6. The zero-order valence-electron chi connectivity index (χ0n) is 10.6. The molecular weight excluding hydrogens is 262 g/mol. The Morgan fingerprint density at radius 1 is 1.37 bits per heavy atom. The molecule has 102 valence electrons. The Balaban J connectivity index is 1.64. The van der Waals surface area contributed by atoms with Gasteiger partial charge in [0.1, 0.15) is 15.5 Å². The zero-order chi connectivity index (χ0) is 13.3. The van der Waals surface area contributed by atoms with Gasteiger partial charge in [0.05, 0.1) is 11.5 Å². The fourth-order valence-corrected chi connectivity index (χ4v) is 4.00. The number of fused-ring (bicyclic) bond motifs is 1. The highest BCUT2D eigenvalue weighted by Crippen LogP contribution is 2.17. The lowest BCUT2D eigenvalue weighted by Gasteiger charge is -2.22. The van der Waals surface area contributed by atoms with E-state index in [2.05, 4.69) is 15.3 Å². The maximum atomic E-state index is 11.4. The predicted octanol–water partition coefficient (Wildman–Crippen LogP) is 1.23. The van der Waals surface area contributed by atoms with Crippen LogP contribution >= 0.6 is 0 Å². The third kappa shape index (κ3) is 2.79. The molecule has 3 rings (SSSR count). The van der Waals surface area contributed by atoms with Crippen LogP contribution in [0.5, 0.6) is 0 Å². The van der Waals surface area contributed by atoms with Crippen LogP contribution in [0.2, 0.25) is 0 Å². The van der Waals surface area contributed by atoms with E-state index in [-0.39, 0.29) is 0 Å². The van der Waals surface area contributed by atoms with Crippen LogP contribution in [0.25, 0.3) is 11.0 Å². The monoisotopic (exact) mass is 279 g/mol. The molecule has 0 aliphatic carbocycles. The third-order valence-corrected chi connectivity index (χ3v) is 5.39. The van der Waals surface area contributed by atoms with Gasteiger partial charge in [0.15, 0.2) is 0 Å². The normalized spacial score (nSPS) is 19.8. The van der Waals surface area contributed by atoms with E-state index in [1.165, 1.54) is 5.56 Å². The molecule has 0 saturated carbocycles. The highest BCUT2D eigenvalue weighted by atomic mass is 32.2. The number of nitrogens with one attached hydrogen (secondary N) is 2. The molecule has 0 bridgehead atoms. The van der Waals surface area contributed by atoms with Crippen molar-refractivity contribution in [3.05, 3.63) is 30.1 Å². The summed E-state index contributed by atoms with van der Waals surface area (Å²) in [5.41, 5.74) is 2.07. The summed E-state index contributed by atoms with van der Waals surface area (Å²) in [6, 6.07) is 4.26. The van der Waals surface area contributed by atoms with Gasteiger partial charge in [-0.05, 0) is 30.5 Å². The van der Waals surface area contributed by atoms with Gasteiger partial charge in [0.2, 0.25) is 0 Å². The van der Waals surface area contributed by atoms with E-state index in [1.54, 1.807) is 6.20 Å². The molecule has 3 heterocycles. The topological polar surface area (TPSA) is 74.8 Å². The molecule has 6 heteroatoms. The van der Waals surface area contributed by atoms with Crippen molar-refractivity contribution >= 4 is 20.9 Å². The second-order valence-corrected chi connectivity index (χ2v) is 7.32. The van der Waals surface area contributed by atoms with Crippen molar-refractivity contribution in [2.24, 2.45) is 0 Å². The number of rotatable bonds is 3. The summed E-state index contributed by atoms with van der Waals surface area (Å²) in [4.78, 5) is 7.39. The molecule has 0 spiro atoms. The fourth-order valence-electron chi connectivity index (χ4n) is 2.51. The predicted molar refractivity (Wildman–Crippen MR) is 74.6 cm³/mol. The first-order valence-corrected chi connectivity index (χ1v) is 8.31. The van der Waals surface area contributed by atoms with E-state index in [0.29, 0.717) is 30.4 Å². The molecule has 1 fully saturated rings. The number of hydrogen-bond donors (Lipinski definition) is 2. The molecule has 1 saturated heterocycles. The third-order valence-electron chi connectivity index (χ3n) is 3.67. The Bertz CT molecular complexity index is 664. The molecule has 2 N–H and O–H groups in total. The van der Waals surface area contributed by atoms with Crippen LogP contribution in [0.1, 0.15) is 18.4 Å². The maximum absolute atomic E-state index is 11.4. The Hall–Kier alpha value is -1.40. The molecular formula is C13H17N3O2S. The zero-order valence-corrected chi connectivity index (χ0v) is 11.4. The minimum atomic E-state index is -2.78. The number of nitrogens with zero attached hydrogens (tertiary/aromatic N) is 1. The summed E-state index contributed by atoms with van der Waals surface area (Å²) < 4.78 is 22.7. The molecule has 0 aromatic carbocycles. The summed E-state index contributed by atoms with van der Waals surface area (Å²) in [6.45, 7) is 0.746. The molecule has 0 unspecified atom stereocenters. The molecule has 1 aliphatic rings. The SMILES string of the molecule is O=S1(=O)CCC(NCc2c[nH]c3ncccc23)CC1. The standard InChI is InChI=1S/C13H17N3O2S/c17-19(18)6-3-11(4-7-19)15-8-10-9-16-13-12(10)2-1-5-14-13/h1-2,5,9,11,15H,3-4,6-8H2,(H,14,16). The van der Waals surface area contributed by atoms with Crippen LogP contribution in [0.4, 0.5) is 0 Å². The quantitative estimate of drug-likeness (QED) is 0.886. The van der Waals surface area contributed by atoms with Crippen molar-refractivity contribution in [2.45, 2.75) is 25.4 Å². The summed E-state index contributed by atoms with van der Waals surface area (Å²) in [7, 11) is -2.78. The van der Waals surface area contributed by atoms with Crippen LogP contribution in [0.15, 0.2) is 24.5 Å². The minimum absolute atomic E-state index is 0.296. The Morgan fingerprint density at radius 2 is 2.16 bits per heavy atom. The van der Waals surface area contributed by atoms with Crippen LogP contribution in [0, 0.1) is 0 Å². The van der Waals surface area contributed by atoms with Gasteiger partial charge in [-0.2, -0.15) is 0 Å². The smallest absolute Gasteiger partial charge is 0.150 e. The maximum Gasteiger partial charge on any atom is 0.150 e. The van der Waals surface area contributed by atoms with Crippen LogP contribution in [-0.2, 0) is 16.4 Å². The molecule has 5 nitrogen and oxygen atoms in total. The van der Waals surface area contributed by atoms with Crippen molar-refractivity contribution in [2.75, 3.05) is 11.5 Å². The molecule has 2 aromatic heterocycles. The molecule has 0 radical (unpaired) electrons. The van der Waals surface area contributed by atoms with E-state index in [4.69, 9.17) is 0 Å². The number of H-pyrrole nitrogens is 1. The Morgan fingerprint density at radius 3 is 2.95 bits per heavy atom. The summed E-state index contributed by atoms with van der Waals surface area (Å²) >= 11 is 0. The molecule has 0 atom stereocenters. The Labute approximate surface area is 112 Å². The highest BCUT2D eigenvalue weighted by molar-refractivity contribution is 7.91. The van der Waals surface area contributed by atoms with Crippen LogP contribution < -0.4 is 5.32 Å². The van der Waals surface area contributed by atoms with Gasteiger partial charge in [-0.1, -0.05) is 0 Å². The van der Waals surface area contributed by atoms with E-state index >= 15 is 0 Å². The van der Waals surface area contributed by atoms with Crippen molar-refractivity contribution in [1.29, 1.82) is 0 Å². The van der Waals surface area contributed by atoms with E-state index < -0.39 is 9.84 Å². The van der Waals surface area contributed by atoms with Crippen molar-refractivity contribution in [3.8, 4) is 0 Å². The number of aromatic amines is 1. The average Bonchev–Trinajstić information content (AvgIpc) is 2.81. The summed E-state index contributed by atoms with van der Waals surface area (Å²) in [5.74, 6) is 0.611. The van der Waals surface area contributed by atoms with E-state index in [1.807, 2.05) is 18.3 Å². The largest absolute Gasteiger partial charge is 0.346 e. The summed E-state index contributed by atoms with van der Waals surface area (Å²) in [6.07, 6.45) is 5.15. The van der Waals surface area contributed by atoms with Gasteiger partial charge in [-0.25, -0.2) is 13.4 Å². The van der Waals surface area contributed by atoms with Crippen LogP contribution in [-0.4, -0.2) is 35.9 Å². The number of hydrogen-bond acceptors (Lipinski definition) is 4. The molecule has 19 heavy (non-hydrogen) atoms. The molecule has 1 aliphatic heterocycles. The van der Waals surface area contributed by atoms with E-state index in [9.17, 15) is 8.42 Å². The van der Waals surface area contributed by atoms with Gasteiger partial charge in [-0.3, -0.25) is 0 Å². The lowest BCUT2D eigenvalue weighted by Crippen LogP contribution is -2.37. The first-order chi connectivity index (χ1) is 9.14. The molecule has 0 amide bonds. The summed E-state index contributed by atoms with van der Waals surface area (Å²) in [5, 5.41) is 4.57. The van der Waals surface area contributed by atoms with Crippen LogP contribution in [0.3, 0.4) is 0 Å². The fraction of sp³-hybridized carbons (Fsp3) is 0.462. The van der Waals surface area contributed by atoms with Crippen molar-refractivity contribution < 1.29 is 8.42 Å². The highest BCUT2D eigenvalue weighted by Gasteiger charge is 2.23. The number of sulfone groups is 1. The van der Waals surface area contributed by atoms with Gasteiger partial charge >= 0.3 is 0 Å². The number of pyridine rings is 1. The van der Waals surface area contributed by atoms with Gasteiger partial charge < -0.3 is 10.3 Å². The van der Waals surface area contributed by atoms with Gasteiger partial charge in [0, 0.05) is 30.4 Å². The minimum Gasteiger partial charge on any atom is -0.346 e. The van der Waals surface area contributed by atoms with Gasteiger partial charge in [0.25, 0.3) is 0 Å². The first-order valence-electron chi connectivity index (χ1n) is 6.49. The van der Waals surface area contributed by atoms with Crippen molar-refractivity contribution in [1.82, 2.24) is 15.3 Å².